The molecule has 0 saturated carbocycles. The minimum absolute atomic E-state index is 0.697. The van der Waals surface area contributed by atoms with Gasteiger partial charge in [-0.05, 0) is 36.9 Å². The molecule has 4 heteroatoms. The Labute approximate surface area is 135 Å². The molecule has 0 unspecified atom stereocenters. The summed E-state index contributed by atoms with van der Waals surface area (Å²) in [6.45, 7) is 4.05. The number of nitrogens with zero attached hydrogens (tertiary/aromatic N) is 1. The van der Waals surface area contributed by atoms with E-state index in [1.165, 1.54) is 0 Å². The van der Waals surface area contributed by atoms with Gasteiger partial charge in [-0.25, -0.2) is 0 Å². The SMILES string of the molecule is COc1c(C)cnc(Cc2cc3ccccc3[nH]c2=S)c1C. The molecule has 0 aliphatic carbocycles. The molecule has 0 radical (unpaired) electrons. The molecule has 0 amide bonds. The van der Waals surface area contributed by atoms with E-state index in [0.29, 0.717) is 6.42 Å². The van der Waals surface area contributed by atoms with E-state index in [9.17, 15) is 0 Å². The van der Waals surface area contributed by atoms with Crippen LogP contribution in [0.25, 0.3) is 10.9 Å². The van der Waals surface area contributed by atoms with Gasteiger partial charge >= 0.3 is 0 Å². The van der Waals surface area contributed by atoms with E-state index < -0.39 is 0 Å². The van der Waals surface area contributed by atoms with Gasteiger partial charge in [-0.1, -0.05) is 30.4 Å². The van der Waals surface area contributed by atoms with Crippen LogP contribution in [0.3, 0.4) is 0 Å². The third kappa shape index (κ3) is 2.62. The number of aromatic amines is 1. The average molecular weight is 310 g/mol. The van der Waals surface area contributed by atoms with Crippen molar-refractivity contribution in [3.63, 3.8) is 0 Å². The fraction of sp³-hybridized carbons (Fsp3) is 0.222. The van der Waals surface area contributed by atoms with Gasteiger partial charge in [0.05, 0.1) is 12.8 Å². The van der Waals surface area contributed by atoms with E-state index in [2.05, 4.69) is 22.1 Å². The third-order valence-electron chi connectivity index (χ3n) is 3.94. The second-order valence-corrected chi connectivity index (χ2v) is 5.84. The molecule has 0 bridgehead atoms. The lowest BCUT2D eigenvalue weighted by atomic mass is 10.0. The second-order valence-electron chi connectivity index (χ2n) is 5.43. The molecule has 0 aliphatic heterocycles. The molecule has 1 aromatic carbocycles. The highest BCUT2D eigenvalue weighted by molar-refractivity contribution is 7.71. The third-order valence-corrected chi connectivity index (χ3v) is 4.30. The van der Waals surface area contributed by atoms with E-state index >= 15 is 0 Å². The van der Waals surface area contributed by atoms with Crippen molar-refractivity contribution in [1.29, 1.82) is 0 Å². The standard InChI is InChI=1S/C18H18N2OS/c1-11-10-19-16(12(2)17(11)21-3)9-14-8-13-6-4-5-7-15(13)20-18(14)22/h4-8,10H,9H2,1-3H3,(H,20,22). The van der Waals surface area contributed by atoms with E-state index in [1.807, 2.05) is 38.2 Å². The summed E-state index contributed by atoms with van der Waals surface area (Å²) < 4.78 is 6.24. The summed E-state index contributed by atoms with van der Waals surface area (Å²) in [5, 5.41) is 1.16. The van der Waals surface area contributed by atoms with Crippen LogP contribution in [-0.2, 0) is 6.42 Å². The van der Waals surface area contributed by atoms with Gasteiger partial charge in [0.25, 0.3) is 0 Å². The van der Waals surface area contributed by atoms with Crippen molar-refractivity contribution in [3.05, 3.63) is 63.6 Å². The van der Waals surface area contributed by atoms with Gasteiger partial charge in [0.1, 0.15) is 10.4 Å². The number of hydrogen-bond acceptors (Lipinski definition) is 3. The zero-order valence-electron chi connectivity index (χ0n) is 12.9. The maximum Gasteiger partial charge on any atom is 0.128 e. The Hall–Kier alpha value is -2.20. The van der Waals surface area contributed by atoms with Gasteiger partial charge in [0, 0.05) is 29.3 Å². The highest BCUT2D eigenvalue weighted by Crippen LogP contribution is 2.26. The van der Waals surface area contributed by atoms with E-state index in [1.54, 1.807) is 7.11 Å². The summed E-state index contributed by atoms with van der Waals surface area (Å²) in [7, 11) is 1.70. The van der Waals surface area contributed by atoms with Crippen molar-refractivity contribution < 1.29 is 4.74 Å². The summed E-state index contributed by atoms with van der Waals surface area (Å²) in [6.07, 6.45) is 2.55. The van der Waals surface area contributed by atoms with Crippen LogP contribution in [0.4, 0.5) is 0 Å². The number of nitrogens with one attached hydrogen (secondary N) is 1. The lowest BCUT2D eigenvalue weighted by molar-refractivity contribution is 0.407. The molecule has 0 fully saturated rings. The highest BCUT2D eigenvalue weighted by Gasteiger charge is 2.11. The lowest BCUT2D eigenvalue weighted by Gasteiger charge is -2.12. The van der Waals surface area contributed by atoms with E-state index in [4.69, 9.17) is 17.0 Å². The largest absolute Gasteiger partial charge is 0.496 e. The quantitative estimate of drug-likeness (QED) is 0.723. The number of methoxy groups -OCH3 is 1. The number of para-hydroxylation sites is 1. The first-order valence-corrected chi connectivity index (χ1v) is 7.61. The molecule has 112 valence electrons. The lowest BCUT2D eigenvalue weighted by Crippen LogP contribution is -2.02. The molecular formula is C18H18N2OS. The molecule has 1 N–H and O–H groups in total. The molecule has 2 aromatic heterocycles. The smallest absolute Gasteiger partial charge is 0.128 e. The summed E-state index contributed by atoms with van der Waals surface area (Å²) in [6, 6.07) is 10.3. The Kier molecular flexibility index (Phi) is 3.94. The van der Waals surface area contributed by atoms with Crippen LogP contribution in [0.15, 0.2) is 36.5 Å². The first-order chi connectivity index (χ1) is 10.6. The monoisotopic (exact) mass is 310 g/mol. The van der Waals surface area contributed by atoms with Gasteiger partial charge in [-0.15, -0.1) is 0 Å². The maximum atomic E-state index is 5.49. The Bertz CT molecular complexity index is 899. The number of hydrogen-bond donors (Lipinski definition) is 1. The normalized spacial score (nSPS) is 10.9. The molecule has 2 heterocycles. The molecule has 0 aliphatic rings. The predicted molar refractivity (Wildman–Crippen MR) is 92.2 cm³/mol. The van der Waals surface area contributed by atoms with Gasteiger partial charge in [0.15, 0.2) is 0 Å². The average Bonchev–Trinajstić information content (AvgIpc) is 2.51. The zero-order valence-corrected chi connectivity index (χ0v) is 13.8. The molecule has 3 aromatic rings. The Morgan fingerprint density at radius 1 is 1.23 bits per heavy atom. The van der Waals surface area contributed by atoms with Crippen LogP contribution < -0.4 is 4.74 Å². The molecule has 22 heavy (non-hydrogen) atoms. The Morgan fingerprint density at radius 2 is 2.00 bits per heavy atom. The van der Waals surface area contributed by atoms with Gasteiger partial charge in [-0.3, -0.25) is 4.98 Å². The Morgan fingerprint density at radius 3 is 2.77 bits per heavy atom. The summed E-state index contributed by atoms with van der Waals surface area (Å²) in [5.41, 5.74) is 5.26. The minimum atomic E-state index is 0.697. The van der Waals surface area contributed by atoms with E-state index in [-0.39, 0.29) is 0 Å². The fourth-order valence-corrected chi connectivity index (χ4v) is 2.99. The zero-order chi connectivity index (χ0) is 15.7. The number of aromatic nitrogens is 2. The number of H-pyrrole nitrogens is 1. The first kappa shape index (κ1) is 14.7. The number of rotatable bonds is 3. The summed E-state index contributed by atoms with van der Waals surface area (Å²) in [4.78, 5) is 7.86. The van der Waals surface area contributed by atoms with Crippen LogP contribution in [0.1, 0.15) is 22.4 Å². The fourth-order valence-electron chi connectivity index (χ4n) is 2.75. The maximum absolute atomic E-state index is 5.49. The number of benzene rings is 1. The molecule has 0 atom stereocenters. The van der Waals surface area contributed by atoms with Crippen molar-refractivity contribution in [1.82, 2.24) is 9.97 Å². The van der Waals surface area contributed by atoms with Crippen molar-refractivity contribution in [2.24, 2.45) is 0 Å². The van der Waals surface area contributed by atoms with Gasteiger partial charge in [0.2, 0.25) is 0 Å². The highest BCUT2D eigenvalue weighted by atomic mass is 32.1. The summed E-state index contributed by atoms with van der Waals surface area (Å²) >= 11 is 5.49. The van der Waals surface area contributed by atoms with Gasteiger partial charge in [-0.2, -0.15) is 0 Å². The van der Waals surface area contributed by atoms with Crippen LogP contribution >= 0.6 is 12.2 Å². The van der Waals surface area contributed by atoms with Crippen LogP contribution in [-0.4, -0.2) is 17.1 Å². The number of fused-ring (bicyclic) bond motifs is 1. The first-order valence-electron chi connectivity index (χ1n) is 7.20. The molecule has 0 spiro atoms. The van der Waals surface area contributed by atoms with Crippen molar-refractivity contribution in [2.45, 2.75) is 20.3 Å². The predicted octanol–water partition coefficient (Wildman–Crippen LogP) is 4.51. The number of aryl methyl sites for hydroxylation is 1. The van der Waals surface area contributed by atoms with E-state index in [0.717, 1.165) is 43.7 Å². The number of pyridine rings is 2. The molecular weight excluding hydrogens is 292 g/mol. The van der Waals surface area contributed by atoms with Crippen molar-refractivity contribution in [3.8, 4) is 5.75 Å². The molecule has 3 rings (SSSR count). The molecule has 0 saturated heterocycles. The van der Waals surface area contributed by atoms with Crippen LogP contribution in [0.2, 0.25) is 0 Å². The van der Waals surface area contributed by atoms with Crippen LogP contribution in [0.5, 0.6) is 5.75 Å². The molecule has 3 nitrogen and oxygen atoms in total. The van der Waals surface area contributed by atoms with Crippen molar-refractivity contribution in [2.75, 3.05) is 7.11 Å². The van der Waals surface area contributed by atoms with Crippen molar-refractivity contribution >= 4 is 23.1 Å². The number of ether oxygens (including phenoxy) is 1. The summed E-state index contributed by atoms with van der Waals surface area (Å²) in [5.74, 6) is 0.903. The Balaban J connectivity index is 2.07. The van der Waals surface area contributed by atoms with Crippen LogP contribution in [0, 0.1) is 18.5 Å². The topological polar surface area (TPSA) is 37.9 Å². The second kappa shape index (κ2) is 5.89. The minimum Gasteiger partial charge on any atom is -0.496 e. The van der Waals surface area contributed by atoms with Gasteiger partial charge < -0.3 is 9.72 Å².